The second-order valence-corrected chi connectivity index (χ2v) is 3.34. The summed E-state index contributed by atoms with van der Waals surface area (Å²) in [5.74, 6) is -1.24. The topological polar surface area (TPSA) is 62.5 Å². The van der Waals surface area contributed by atoms with Crippen molar-refractivity contribution in [2.24, 2.45) is 0 Å². The molecule has 1 unspecified atom stereocenters. The van der Waals surface area contributed by atoms with E-state index >= 15 is 0 Å². The number of alkyl halides is 2. The van der Waals surface area contributed by atoms with Crippen LogP contribution in [0.5, 0.6) is 0 Å². The molecule has 0 bridgehead atoms. The van der Waals surface area contributed by atoms with Crippen LogP contribution in [0.3, 0.4) is 0 Å². The highest BCUT2D eigenvalue weighted by molar-refractivity contribution is 6.30. The van der Waals surface area contributed by atoms with Gasteiger partial charge in [0.15, 0.2) is 6.20 Å². The van der Waals surface area contributed by atoms with E-state index in [-0.39, 0.29) is 9.75 Å². The molecule has 5 nitrogen and oxygen atoms in total. The van der Waals surface area contributed by atoms with E-state index < -0.39 is 24.4 Å². The molecular weight excluding hydrogens is 260 g/mol. The molecule has 0 saturated heterocycles. The molecule has 0 N–H and O–H groups in total. The predicted molar refractivity (Wildman–Crippen MR) is 52.6 cm³/mol. The van der Waals surface area contributed by atoms with Gasteiger partial charge in [0, 0.05) is 19.2 Å². The van der Waals surface area contributed by atoms with Crippen molar-refractivity contribution in [1.29, 1.82) is 0 Å². The molecule has 0 radical (unpaired) electrons. The van der Waals surface area contributed by atoms with Crippen molar-refractivity contribution < 1.29 is 27.8 Å². The molecule has 0 aliphatic carbocycles. The molecule has 8 heteroatoms. The summed E-state index contributed by atoms with van der Waals surface area (Å²) in [7, 11) is 0.952. The van der Waals surface area contributed by atoms with E-state index in [1.165, 1.54) is 6.07 Å². The Morgan fingerprint density at radius 2 is 2.24 bits per heavy atom. The fraction of sp³-hybridized carbons (Fsp3) is 0.333. The zero-order valence-electron chi connectivity index (χ0n) is 8.60. The zero-order valence-corrected chi connectivity index (χ0v) is 9.36. The summed E-state index contributed by atoms with van der Waals surface area (Å²) in [5.41, 5.74) is -0.500. The average Bonchev–Trinajstić information content (AvgIpc) is 2.28. The van der Waals surface area contributed by atoms with Gasteiger partial charge in [0.05, 0.1) is 5.02 Å². The molecule has 1 atom stereocenters. The first-order valence-electron chi connectivity index (χ1n) is 4.36. The number of pyridine rings is 1. The van der Waals surface area contributed by atoms with E-state index in [4.69, 9.17) is 11.6 Å². The number of methoxy groups -OCH3 is 1. The molecule has 0 saturated carbocycles. The van der Waals surface area contributed by atoms with Crippen LogP contribution in [0.25, 0.3) is 0 Å². The molecule has 0 spiro atoms. The smallest absolute Gasteiger partial charge is 0.407 e. The summed E-state index contributed by atoms with van der Waals surface area (Å²) in [6.07, 6.45) is -4.08. The number of nitrogens with zero attached hydrogens (tertiary/aromatic N) is 1. The van der Waals surface area contributed by atoms with Crippen molar-refractivity contribution in [3.05, 3.63) is 34.3 Å². The third-order valence-electron chi connectivity index (χ3n) is 1.75. The molecule has 1 rings (SSSR count). The number of hydrogen-bond donors (Lipinski definition) is 0. The van der Waals surface area contributed by atoms with Gasteiger partial charge in [-0.3, -0.25) is 0 Å². The Hall–Kier alpha value is -1.47. The number of carbonyl (C=O) groups excluding carboxylic acids is 1. The van der Waals surface area contributed by atoms with Crippen LogP contribution in [0.4, 0.5) is 8.78 Å². The normalized spacial score (nSPS) is 12.5. The van der Waals surface area contributed by atoms with Crippen LogP contribution >= 0.6 is 11.6 Å². The zero-order chi connectivity index (χ0) is 13.0. The lowest BCUT2D eigenvalue weighted by Gasteiger charge is -2.14. The molecule has 0 aromatic carbocycles. The number of hydrogen-bond acceptors (Lipinski definition) is 4. The number of esters is 1. The highest BCUT2D eigenvalue weighted by atomic mass is 35.5. The Bertz CT molecular complexity index is 416. The lowest BCUT2D eigenvalue weighted by molar-refractivity contribution is -0.608. The van der Waals surface area contributed by atoms with Crippen LogP contribution in [0, 0.1) is 5.21 Å². The van der Waals surface area contributed by atoms with Gasteiger partial charge < -0.3 is 14.7 Å². The molecular formula is C9H8ClF2NO4. The van der Waals surface area contributed by atoms with Crippen molar-refractivity contribution in [3.63, 3.8) is 0 Å². The summed E-state index contributed by atoms with van der Waals surface area (Å²) in [4.78, 5) is 11.4. The number of ether oxygens (including phenoxy) is 2. The third-order valence-corrected chi connectivity index (χ3v) is 1.99. The van der Waals surface area contributed by atoms with Gasteiger partial charge in [0.2, 0.25) is 0 Å². The maximum absolute atomic E-state index is 12.2. The monoisotopic (exact) mass is 267 g/mol. The molecule has 0 amide bonds. The largest absolute Gasteiger partial charge is 0.618 e. The third kappa shape index (κ3) is 3.50. The summed E-state index contributed by atoms with van der Waals surface area (Å²) >= 11 is 5.55. The lowest BCUT2D eigenvalue weighted by Crippen LogP contribution is -2.37. The Morgan fingerprint density at radius 3 is 2.76 bits per heavy atom. The predicted octanol–water partition coefficient (Wildman–Crippen LogP) is 1.37. The number of carbonyl (C=O) groups is 1. The molecule has 0 aliphatic heterocycles. The highest BCUT2D eigenvalue weighted by Gasteiger charge is 2.28. The Balaban J connectivity index is 2.86. The van der Waals surface area contributed by atoms with Crippen LogP contribution < -0.4 is 4.73 Å². The Morgan fingerprint density at radius 1 is 1.59 bits per heavy atom. The van der Waals surface area contributed by atoms with E-state index in [1.807, 2.05) is 0 Å². The van der Waals surface area contributed by atoms with E-state index in [0.29, 0.717) is 0 Å². The van der Waals surface area contributed by atoms with Gasteiger partial charge in [0.25, 0.3) is 12.7 Å². The van der Waals surface area contributed by atoms with Crippen LogP contribution in [0.1, 0.15) is 10.5 Å². The minimum absolute atomic E-state index is 0.107. The summed E-state index contributed by atoms with van der Waals surface area (Å²) in [6.45, 7) is 0. The molecule has 1 aromatic heterocycles. The number of aromatic nitrogens is 1. The van der Waals surface area contributed by atoms with Gasteiger partial charge in [-0.2, -0.15) is 4.73 Å². The second-order valence-electron chi connectivity index (χ2n) is 2.90. The molecule has 0 fully saturated rings. The van der Waals surface area contributed by atoms with Crippen molar-refractivity contribution >= 4 is 17.6 Å². The van der Waals surface area contributed by atoms with E-state index in [2.05, 4.69) is 9.47 Å². The summed E-state index contributed by atoms with van der Waals surface area (Å²) in [5, 5.41) is 11.3. The maximum Gasteiger partial charge on any atom is 0.407 e. The highest BCUT2D eigenvalue weighted by Crippen LogP contribution is 2.11. The number of halogens is 3. The van der Waals surface area contributed by atoms with Crippen LogP contribution in [0.15, 0.2) is 18.3 Å². The Labute approximate surface area is 100 Å². The van der Waals surface area contributed by atoms with Gasteiger partial charge in [-0.15, -0.1) is 0 Å². The molecule has 17 heavy (non-hydrogen) atoms. The fourth-order valence-electron chi connectivity index (χ4n) is 0.979. The molecule has 1 heterocycles. The first-order valence-corrected chi connectivity index (χ1v) is 4.74. The summed E-state index contributed by atoms with van der Waals surface area (Å²) in [6, 6.07) is 2.25. The maximum atomic E-state index is 12.2. The minimum atomic E-state index is -3.01. The first kappa shape index (κ1) is 13.6. The van der Waals surface area contributed by atoms with Crippen molar-refractivity contribution in [1.82, 2.24) is 0 Å². The van der Waals surface area contributed by atoms with E-state index in [1.54, 1.807) is 0 Å². The quantitative estimate of drug-likeness (QED) is 0.358. The fourth-order valence-corrected chi connectivity index (χ4v) is 1.14. The van der Waals surface area contributed by atoms with Crippen molar-refractivity contribution in [3.8, 4) is 0 Å². The van der Waals surface area contributed by atoms with Crippen LogP contribution in [-0.2, 0) is 9.47 Å². The standard InChI is InChI=1S/C9H8ClF2NO4/c1-16-9(7(11)12)17-8(14)6-4-5(10)2-3-13(6)15/h2-4,7,9H,1H3. The van der Waals surface area contributed by atoms with Crippen LogP contribution in [0.2, 0.25) is 5.02 Å². The molecule has 94 valence electrons. The van der Waals surface area contributed by atoms with E-state index in [0.717, 1.165) is 19.4 Å². The SMILES string of the molecule is COC(OC(=O)c1cc(Cl)cc[n+]1[O-])C(F)F. The molecule has 0 aliphatic rings. The van der Waals surface area contributed by atoms with Gasteiger partial charge in [0.1, 0.15) is 0 Å². The van der Waals surface area contributed by atoms with Crippen molar-refractivity contribution in [2.45, 2.75) is 12.7 Å². The minimum Gasteiger partial charge on any atom is -0.618 e. The lowest BCUT2D eigenvalue weighted by atomic mass is 10.3. The van der Waals surface area contributed by atoms with Gasteiger partial charge >= 0.3 is 11.7 Å². The van der Waals surface area contributed by atoms with Gasteiger partial charge in [-0.05, 0) is 0 Å². The summed E-state index contributed by atoms with van der Waals surface area (Å²) < 4.78 is 33.2. The van der Waals surface area contributed by atoms with Crippen molar-refractivity contribution in [2.75, 3.05) is 7.11 Å². The second kappa shape index (κ2) is 5.74. The molecule has 1 aromatic rings. The van der Waals surface area contributed by atoms with Crippen LogP contribution in [-0.4, -0.2) is 25.8 Å². The average molecular weight is 268 g/mol. The Kier molecular flexibility index (Phi) is 4.59. The van der Waals surface area contributed by atoms with E-state index in [9.17, 15) is 18.8 Å². The van der Waals surface area contributed by atoms with Gasteiger partial charge in [-0.25, -0.2) is 13.6 Å². The number of rotatable bonds is 4. The first-order chi connectivity index (χ1) is 7.95. The van der Waals surface area contributed by atoms with Gasteiger partial charge in [-0.1, -0.05) is 11.6 Å².